The molecule has 0 fully saturated rings. The molecule has 40 heavy (non-hydrogen) atoms. The maximum absolute atomic E-state index is 14.0. The number of carbonyl (C=O) groups is 2. The molecule has 2 amide bonds. The van der Waals surface area contributed by atoms with E-state index >= 15 is 0 Å². The molecule has 3 aromatic rings. The van der Waals surface area contributed by atoms with Gasteiger partial charge < -0.3 is 15.0 Å². The van der Waals surface area contributed by atoms with E-state index < -0.39 is 39.9 Å². The predicted molar refractivity (Wildman–Crippen MR) is 153 cm³/mol. The number of halogens is 1. The maximum Gasteiger partial charge on any atom is 0.264 e. The summed E-state index contributed by atoms with van der Waals surface area (Å²) in [6.45, 7) is 6.75. The van der Waals surface area contributed by atoms with E-state index in [1.807, 2.05) is 20.8 Å². The predicted octanol–water partition coefficient (Wildman–Crippen LogP) is 4.75. The van der Waals surface area contributed by atoms with Gasteiger partial charge in [-0.25, -0.2) is 12.8 Å². The van der Waals surface area contributed by atoms with Crippen molar-refractivity contribution in [3.05, 3.63) is 90.2 Å². The minimum absolute atomic E-state index is 0.0241. The van der Waals surface area contributed by atoms with Crippen LogP contribution in [-0.2, 0) is 26.2 Å². The Morgan fingerprint density at radius 3 is 2.20 bits per heavy atom. The number of hydrogen-bond acceptors (Lipinski definition) is 5. The third-order valence-corrected chi connectivity index (χ3v) is 7.88. The molecule has 0 aliphatic heterocycles. The van der Waals surface area contributed by atoms with Gasteiger partial charge in [0.05, 0.1) is 17.7 Å². The van der Waals surface area contributed by atoms with Crippen LogP contribution in [0.1, 0.15) is 39.7 Å². The summed E-state index contributed by atoms with van der Waals surface area (Å²) < 4.78 is 47.5. The first-order valence-corrected chi connectivity index (χ1v) is 14.4. The highest BCUT2D eigenvalue weighted by molar-refractivity contribution is 7.92. The molecule has 3 aromatic carbocycles. The minimum Gasteiger partial charge on any atom is -0.497 e. The number of hydrogen-bond donors (Lipinski definition) is 1. The van der Waals surface area contributed by atoms with Crippen LogP contribution in [0.25, 0.3) is 0 Å². The van der Waals surface area contributed by atoms with E-state index in [9.17, 15) is 22.4 Å². The average molecular weight is 570 g/mol. The van der Waals surface area contributed by atoms with Crippen molar-refractivity contribution < 1.29 is 27.1 Å². The lowest BCUT2D eigenvalue weighted by atomic mass is 10.1. The molecular formula is C30H36FN3O5S. The highest BCUT2D eigenvalue weighted by atomic mass is 32.2. The largest absolute Gasteiger partial charge is 0.497 e. The zero-order chi connectivity index (χ0) is 29.5. The molecule has 10 heteroatoms. The van der Waals surface area contributed by atoms with E-state index in [0.29, 0.717) is 17.7 Å². The van der Waals surface area contributed by atoms with Gasteiger partial charge in [0.25, 0.3) is 10.0 Å². The van der Waals surface area contributed by atoms with Crippen LogP contribution in [0, 0.1) is 5.82 Å². The Bertz CT molecular complexity index is 1410. The third kappa shape index (κ3) is 7.81. The van der Waals surface area contributed by atoms with Crippen LogP contribution in [0.3, 0.4) is 0 Å². The van der Waals surface area contributed by atoms with Crippen LogP contribution in [0.4, 0.5) is 10.1 Å². The van der Waals surface area contributed by atoms with Crippen molar-refractivity contribution in [1.82, 2.24) is 10.2 Å². The smallest absolute Gasteiger partial charge is 0.264 e. The molecular weight excluding hydrogens is 533 g/mol. The van der Waals surface area contributed by atoms with Crippen LogP contribution >= 0.6 is 0 Å². The summed E-state index contributed by atoms with van der Waals surface area (Å²) in [7, 11) is -2.69. The second-order valence-corrected chi connectivity index (χ2v) is 12.2. The number of anilines is 1. The first-order chi connectivity index (χ1) is 18.9. The van der Waals surface area contributed by atoms with E-state index in [-0.39, 0.29) is 23.0 Å². The summed E-state index contributed by atoms with van der Waals surface area (Å²) in [6.07, 6.45) is 0.291. The van der Waals surface area contributed by atoms with Crippen molar-refractivity contribution >= 4 is 27.5 Å². The molecule has 0 saturated heterocycles. The summed E-state index contributed by atoms with van der Waals surface area (Å²) in [6, 6.07) is 18.8. The monoisotopic (exact) mass is 569 g/mol. The Morgan fingerprint density at radius 1 is 0.975 bits per heavy atom. The molecule has 1 N–H and O–H groups in total. The number of carbonyl (C=O) groups excluding carboxylic acids is 2. The molecule has 8 nitrogen and oxygen atoms in total. The number of nitrogens with zero attached hydrogens (tertiary/aromatic N) is 2. The molecule has 0 radical (unpaired) electrons. The lowest BCUT2D eigenvalue weighted by Gasteiger charge is -2.34. The minimum atomic E-state index is -4.22. The summed E-state index contributed by atoms with van der Waals surface area (Å²) in [5.41, 5.74) is 0.271. The number of rotatable bonds is 11. The molecule has 0 aliphatic rings. The fourth-order valence-electron chi connectivity index (χ4n) is 4.20. The van der Waals surface area contributed by atoms with E-state index in [2.05, 4.69) is 5.32 Å². The van der Waals surface area contributed by atoms with E-state index in [1.54, 1.807) is 49.4 Å². The fraction of sp³-hybridized carbons (Fsp3) is 0.333. The molecule has 0 saturated carbocycles. The number of nitrogens with one attached hydrogen (secondary N) is 1. The molecule has 0 unspecified atom stereocenters. The van der Waals surface area contributed by atoms with Gasteiger partial charge in [-0.05, 0) is 81.3 Å². The number of amides is 2. The van der Waals surface area contributed by atoms with Crippen LogP contribution < -0.4 is 14.4 Å². The SMILES string of the molecule is CC[C@@H](C(=O)NC(C)(C)C)N(Cc1cccc(OC)c1)C(=O)CN(c1ccc(F)cc1)S(=O)(=O)c1ccccc1. The molecule has 0 aliphatic carbocycles. The van der Waals surface area contributed by atoms with Crippen LogP contribution in [0.15, 0.2) is 83.8 Å². The molecule has 3 rings (SSSR count). The average Bonchev–Trinajstić information content (AvgIpc) is 2.91. The lowest BCUT2D eigenvalue weighted by molar-refractivity contribution is -0.141. The first-order valence-electron chi connectivity index (χ1n) is 12.9. The first kappa shape index (κ1) is 30.6. The Morgan fingerprint density at radius 2 is 1.62 bits per heavy atom. The topological polar surface area (TPSA) is 96.0 Å². The van der Waals surface area contributed by atoms with Gasteiger partial charge in [0.1, 0.15) is 24.2 Å². The van der Waals surface area contributed by atoms with Gasteiger partial charge in [0.2, 0.25) is 11.8 Å². The Labute approximate surface area is 235 Å². The third-order valence-electron chi connectivity index (χ3n) is 6.10. The zero-order valence-electron chi connectivity index (χ0n) is 23.4. The normalized spacial score (nSPS) is 12.3. The van der Waals surface area contributed by atoms with Crippen molar-refractivity contribution in [2.24, 2.45) is 0 Å². The van der Waals surface area contributed by atoms with E-state index in [4.69, 9.17) is 4.74 Å². The Kier molecular flexibility index (Phi) is 9.92. The quantitative estimate of drug-likeness (QED) is 0.360. The van der Waals surface area contributed by atoms with Gasteiger partial charge in [-0.2, -0.15) is 0 Å². The van der Waals surface area contributed by atoms with Gasteiger partial charge in [0, 0.05) is 12.1 Å². The summed E-state index contributed by atoms with van der Waals surface area (Å²) in [4.78, 5) is 28.8. The van der Waals surface area contributed by atoms with Crippen LogP contribution in [0.2, 0.25) is 0 Å². The summed E-state index contributed by atoms with van der Waals surface area (Å²) in [5, 5.41) is 2.93. The van der Waals surface area contributed by atoms with Crippen molar-refractivity contribution in [2.45, 2.75) is 57.1 Å². The second-order valence-electron chi connectivity index (χ2n) is 10.3. The van der Waals surface area contributed by atoms with Crippen molar-refractivity contribution in [2.75, 3.05) is 18.0 Å². The molecule has 0 spiro atoms. The van der Waals surface area contributed by atoms with E-state index in [0.717, 1.165) is 16.4 Å². The zero-order valence-corrected chi connectivity index (χ0v) is 24.2. The number of sulfonamides is 1. The molecule has 1 atom stereocenters. The van der Waals surface area contributed by atoms with Crippen LogP contribution in [-0.4, -0.2) is 50.4 Å². The van der Waals surface area contributed by atoms with Crippen LogP contribution in [0.5, 0.6) is 5.75 Å². The number of benzene rings is 3. The van der Waals surface area contributed by atoms with E-state index in [1.165, 1.54) is 36.3 Å². The summed E-state index contributed by atoms with van der Waals surface area (Å²) >= 11 is 0. The van der Waals surface area contributed by atoms with Gasteiger partial charge in [0.15, 0.2) is 0 Å². The van der Waals surface area contributed by atoms with Gasteiger partial charge in [-0.1, -0.05) is 37.3 Å². The van der Waals surface area contributed by atoms with Gasteiger partial charge >= 0.3 is 0 Å². The van der Waals surface area contributed by atoms with Gasteiger partial charge in [-0.15, -0.1) is 0 Å². The highest BCUT2D eigenvalue weighted by Crippen LogP contribution is 2.25. The second kappa shape index (κ2) is 13.0. The molecule has 0 aromatic heterocycles. The Hall–Kier alpha value is -3.92. The molecule has 0 heterocycles. The molecule has 214 valence electrons. The Balaban J connectivity index is 2.06. The molecule has 0 bridgehead atoms. The van der Waals surface area contributed by atoms with Gasteiger partial charge in [-0.3, -0.25) is 13.9 Å². The van der Waals surface area contributed by atoms with Crippen molar-refractivity contribution in [1.29, 1.82) is 0 Å². The number of ether oxygens (including phenoxy) is 1. The highest BCUT2D eigenvalue weighted by Gasteiger charge is 2.34. The van der Waals surface area contributed by atoms with Crippen molar-refractivity contribution in [3.63, 3.8) is 0 Å². The fourth-order valence-corrected chi connectivity index (χ4v) is 5.63. The number of methoxy groups -OCH3 is 1. The summed E-state index contributed by atoms with van der Waals surface area (Å²) in [5.74, 6) is -0.915. The standard InChI is InChI=1S/C30H36FN3O5S/c1-6-27(29(36)32-30(2,3)4)33(20-22-11-10-12-25(19-22)39-5)28(35)21-34(24-17-15-23(31)16-18-24)40(37,38)26-13-8-7-9-14-26/h7-19,27H,6,20-21H2,1-5H3,(H,32,36)/t27-/m0/s1. The van der Waals surface area contributed by atoms with Crippen molar-refractivity contribution in [3.8, 4) is 5.75 Å². The maximum atomic E-state index is 14.0. The lowest BCUT2D eigenvalue weighted by Crippen LogP contribution is -2.55.